The van der Waals surface area contributed by atoms with Gasteiger partial charge in [0.1, 0.15) is 9.84 Å². The molecule has 0 aliphatic heterocycles. The molecule has 0 radical (unpaired) electrons. The van der Waals surface area contributed by atoms with Crippen LogP contribution in [0, 0.1) is 0 Å². The first-order valence-electron chi connectivity index (χ1n) is 4.34. The highest BCUT2D eigenvalue weighted by Crippen LogP contribution is 2.23. The van der Waals surface area contributed by atoms with Crippen molar-refractivity contribution in [3.8, 4) is 5.75 Å². The Morgan fingerprint density at radius 1 is 1.67 bits per heavy atom. The first-order valence-corrected chi connectivity index (χ1v) is 6.40. The van der Waals surface area contributed by atoms with Crippen molar-refractivity contribution in [3.05, 3.63) is 11.9 Å². The van der Waals surface area contributed by atoms with Crippen molar-refractivity contribution in [1.29, 1.82) is 0 Å². The molecule has 2 N–H and O–H groups in total. The fraction of sp³-hybridized carbons (Fsp3) is 0.625. The summed E-state index contributed by atoms with van der Waals surface area (Å²) in [6, 6.07) is -0.623. The number of nitrogens with zero attached hydrogens (tertiary/aromatic N) is 2. The van der Waals surface area contributed by atoms with Crippen LogP contribution in [0.15, 0.2) is 6.20 Å². The summed E-state index contributed by atoms with van der Waals surface area (Å²) >= 11 is 0. The summed E-state index contributed by atoms with van der Waals surface area (Å²) in [7, 11) is 0.0754. The third-order valence-electron chi connectivity index (χ3n) is 2.00. The lowest BCUT2D eigenvalue weighted by Gasteiger charge is -2.12. The van der Waals surface area contributed by atoms with Gasteiger partial charge in [-0.25, -0.2) is 8.42 Å². The molecule has 1 aromatic heterocycles. The maximum atomic E-state index is 11.1. The zero-order valence-corrected chi connectivity index (χ0v) is 9.78. The minimum Gasteiger partial charge on any atom is -0.493 e. The second-order valence-electron chi connectivity index (χ2n) is 3.42. The Bertz CT molecular complexity index is 438. The molecular formula is C8H15N3O3S. The summed E-state index contributed by atoms with van der Waals surface area (Å²) < 4.78 is 28.8. The zero-order chi connectivity index (χ0) is 11.6. The van der Waals surface area contributed by atoms with Crippen LogP contribution in [0.2, 0.25) is 0 Å². The number of nitrogens with two attached hydrogens (primary N) is 1. The van der Waals surface area contributed by atoms with Gasteiger partial charge in [-0.15, -0.1) is 0 Å². The predicted molar refractivity (Wildman–Crippen MR) is 56.4 cm³/mol. The molecule has 0 aliphatic carbocycles. The van der Waals surface area contributed by atoms with Gasteiger partial charge in [0, 0.05) is 13.3 Å². The molecule has 1 aromatic rings. The first kappa shape index (κ1) is 12.0. The molecule has 0 amide bonds. The standard InChI is InChI=1S/C8H15N3O3S/c1-11-8(7(14-2)4-10-11)6(9)5-15(3,12)13/h4,6H,5,9H2,1-3H3. The van der Waals surface area contributed by atoms with Gasteiger partial charge in [0.05, 0.1) is 30.8 Å². The monoisotopic (exact) mass is 233 g/mol. The molecule has 6 nitrogen and oxygen atoms in total. The van der Waals surface area contributed by atoms with E-state index in [9.17, 15) is 8.42 Å². The molecule has 0 aliphatic rings. The lowest BCUT2D eigenvalue weighted by atomic mass is 10.2. The minimum atomic E-state index is -3.11. The minimum absolute atomic E-state index is 0.122. The Kier molecular flexibility index (Phi) is 3.35. The molecule has 1 unspecified atom stereocenters. The van der Waals surface area contributed by atoms with E-state index in [1.165, 1.54) is 18.0 Å². The third kappa shape index (κ3) is 2.93. The summed E-state index contributed by atoms with van der Waals surface area (Å²) in [6.07, 6.45) is 2.66. The van der Waals surface area contributed by atoms with Gasteiger partial charge >= 0.3 is 0 Å². The van der Waals surface area contributed by atoms with Crippen molar-refractivity contribution in [2.75, 3.05) is 19.1 Å². The van der Waals surface area contributed by atoms with Crippen molar-refractivity contribution in [2.24, 2.45) is 12.8 Å². The number of aromatic nitrogens is 2. The van der Waals surface area contributed by atoms with E-state index in [-0.39, 0.29) is 5.75 Å². The third-order valence-corrected chi connectivity index (χ3v) is 2.97. The van der Waals surface area contributed by atoms with Crippen LogP contribution in [-0.4, -0.2) is 37.3 Å². The van der Waals surface area contributed by atoms with E-state index in [1.54, 1.807) is 7.05 Å². The van der Waals surface area contributed by atoms with Crippen molar-refractivity contribution < 1.29 is 13.2 Å². The number of rotatable bonds is 4. The van der Waals surface area contributed by atoms with Crippen molar-refractivity contribution in [3.63, 3.8) is 0 Å². The van der Waals surface area contributed by atoms with Gasteiger partial charge in [-0.05, 0) is 0 Å². The van der Waals surface area contributed by atoms with Crippen molar-refractivity contribution in [1.82, 2.24) is 9.78 Å². The molecule has 0 bridgehead atoms. The summed E-state index contributed by atoms with van der Waals surface area (Å²) in [4.78, 5) is 0. The molecule has 0 fully saturated rings. The Morgan fingerprint density at radius 2 is 2.27 bits per heavy atom. The van der Waals surface area contributed by atoms with Gasteiger partial charge in [0.25, 0.3) is 0 Å². The molecule has 1 rings (SSSR count). The van der Waals surface area contributed by atoms with E-state index in [2.05, 4.69) is 5.10 Å². The van der Waals surface area contributed by atoms with E-state index < -0.39 is 15.9 Å². The number of methoxy groups -OCH3 is 1. The second kappa shape index (κ2) is 4.19. The molecule has 1 heterocycles. The Hall–Kier alpha value is -1.08. The fourth-order valence-electron chi connectivity index (χ4n) is 1.41. The lowest BCUT2D eigenvalue weighted by Crippen LogP contribution is -2.23. The maximum absolute atomic E-state index is 11.1. The molecule has 7 heteroatoms. The lowest BCUT2D eigenvalue weighted by molar-refractivity contribution is 0.404. The normalized spacial score (nSPS) is 13.9. The van der Waals surface area contributed by atoms with Gasteiger partial charge in [-0.1, -0.05) is 0 Å². The summed E-state index contributed by atoms with van der Waals surface area (Å²) in [5.41, 5.74) is 6.37. The van der Waals surface area contributed by atoms with E-state index in [0.29, 0.717) is 11.4 Å². The van der Waals surface area contributed by atoms with Crippen LogP contribution in [0.4, 0.5) is 0 Å². The number of hydrogen-bond donors (Lipinski definition) is 1. The van der Waals surface area contributed by atoms with E-state index >= 15 is 0 Å². The quantitative estimate of drug-likeness (QED) is 0.755. The SMILES string of the molecule is COc1cnn(C)c1C(N)CS(C)(=O)=O. The van der Waals surface area contributed by atoms with Gasteiger partial charge in [-0.2, -0.15) is 5.10 Å². The van der Waals surface area contributed by atoms with Crippen LogP contribution in [-0.2, 0) is 16.9 Å². The van der Waals surface area contributed by atoms with Gasteiger partial charge in [0.2, 0.25) is 0 Å². The summed E-state index contributed by atoms with van der Waals surface area (Å²) in [5, 5.41) is 3.96. The van der Waals surface area contributed by atoms with Crippen LogP contribution >= 0.6 is 0 Å². The van der Waals surface area contributed by atoms with Gasteiger partial charge < -0.3 is 10.5 Å². The molecule has 86 valence electrons. The maximum Gasteiger partial charge on any atom is 0.161 e. The highest BCUT2D eigenvalue weighted by Gasteiger charge is 2.20. The Balaban J connectivity index is 2.99. The van der Waals surface area contributed by atoms with Crippen molar-refractivity contribution in [2.45, 2.75) is 6.04 Å². The largest absolute Gasteiger partial charge is 0.493 e. The topological polar surface area (TPSA) is 87.2 Å². The fourth-order valence-corrected chi connectivity index (χ4v) is 2.22. The van der Waals surface area contributed by atoms with Crippen LogP contribution in [0.25, 0.3) is 0 Å². The average molecular weight is 233 g/mol. The zero-order valence-electron chi connectivity index (χ0n) is 8.97. The first-order chi connectivity index (χ1) is 6.85. The molecular weight excluding hydrogens is 218 g/mol. The van der Waals surface area contributed by atoms with Gasteiger partial charge in [-0.3, -0.25) is 4.68 Å². The highest BCUT2D eigenvalue weighted by molar-refractivity contribution is 7.90. The van der Waals surface area contributed by atoms with E-state index in [4.69, 9.17) is 10.5 Å². The molecule has 0 saturated heterocycles. The summed E-state index contributed by atoms with van der Waals surface area (Å²) in [6.45, 7) is 0. The smallest absolute Gasteiger partial charge is 0.161 e. The average Bonchev–Trinajstić information content (AvgIpc) is 2.43. The second-order valence-corrected chi connectivity index (χ2v) is 5.61. The summed E-state index contributed by atoms with van der Waals surface area (Å²) in [5.74, 6) is 0.386. The highest BCUT2D eigenvalue weighted by atomic mass is 32.2. The Labute approximate surface area is 88.9 Å². The van der Waals surface area contributed by atoms with Crippen LogP contribution < -0.4 is 10.5 Å². The predicted octanol–water partition coefficient (Wildman–Crippen LogP) is -0.527. The molecule has 15 heavy (non-hydrogen) atoms. The number of ether oxygens (including phenoxy) is 1. The molecule has 1 atom stereocenters. The molecule has 0 spiro atoms. The van der Waals surface area contributed by atoms with Crippen LogP contribution in [0.5, 0.6) is 5.75 Å². The van der Waals surface area contributed by atoms with Crippen LogP contribution in [0.1, 0.15) is 11.7 Å². The van der Waals surface area contributed by atoms with Crippen molar-refractivity contribution >= 4 is 9.84 Å². The molecule has 0 saturated carbocycles. The number of hydrogen-bond acceptors (Lipinski definition) is 5. The van der Waals surface area contributed by atoms with Crippen LogP contribution in [0.3, 0.4) is 0 Å². The number of sulfone groups is 1. The number of aryl methyl sites for hydroxylation is 1. The van der Waals surface area contributed by atoms with E-state index in [1.807, 2.05) is 0 Å². The van der Waals surface area contributed by atoms with Gasteiger partial charge in [0.15, 0.2) is 5.75 Å². The molecule has 0 aromatic carbocycles. The Morgan fingerprint density at radius 3 is 2.73 bits per heavy atom. The van der Waals surface area contributed by atoms with E-state index in [0.717, 1.165) is 6.26 Å².